The highest BCUT2D eigenvalue weighted by molar-refractivity contribution is 4.90. The molecule has 1 rings (SSSR count). The molecule has 1 N–H and O–H groups in total. The van der Waals surface area contributed by atoms with Crippen molar-refractivity contribution in [2.75, 3.05) is 40.3 Å². The molecule has 3 nitrogen and oxygen atoms in total. The molecule has 0 radical (unpaired) electrons. The minimum atomic E-state index is 0.515. The second-order valence-corrected chi connectivity index (χ2v) is 8.03. The molecule has 0 aromatic heterocycles. The number of hydrogen-bond acceptors (Lipinski definition) is 3. The Hall–Kier alpha value is -0.120. The maximum atomic E-state index is 3.74. The van der Waals surface area contributed by atoms with Gasteiger partial charge in [0.2, 0.25) is 0 Å². The molecule has 3 atom stereocenters. The smallest absolute Gasteiger partial charge is 0.0194 e. The number of nitrogens with one attached hydrogen (secondary N) is 1. The van der Waals surface area contributed by atoms with E-state index in [0.29, 0.717) is 17.5 Å². The Morgan fingerprint density at radius 2 is 1.90 bits per heavy atom. The highest BCUT2D eigenvalue weighted by Gasteiger charge is 2.35. The van der Waals surface area contributed by atoms with E-state index in [1.165, 1.54) is 25.8 Å². The number of likely N-dealkylation sites (N-methyl/N-ethyl adjacent to an activating group) is 2. The molecule has 1 aliphatic rings. The quantitative estimate of drug-likeness (QED) is 0.743. The Balaban J connectivity index is 2.68. The van der Waals surface area contributed by atoms with Crippen LogP contribution in [0.5, 0.6) is 0 Å². The third-order valence-electron chi connectivity index (χ3n) is 5.11. The average Bonchev–Trinajstić information content (AvgIpc) is 2.37. The summed E-state index contributed by atoms with van der Waals surface area (Å²) in [6, 6.07) is 1.35. The molecule has 21 heavy (non-hydrogen) atoms. The van der Waals surface area contributed by atoms with Crippen molar-refractivity contribution in [1.82, 2.24) is 15.1 Å². The van der Waals surface area contributed by atoms with Crippen LogP contribution in [-0.4, -0.2) is 62.2 Å². The standard InChI is InChI=1S/C18H39N3/c1-8-19-17-10-11-18(4,5)12-16(17)14-21(9-2)15(3)13-20(6)7/h15-17,19H,8-14H2,1-7H3. The predicted octanol–water partition coefficient (Wildman–Crippen LogP) is 3.06. The van der Waals surface area contributed by atoms with Gasteiger partial charge in [-0.1, -0.05) is 27.7 Å². The molecule has 0 aromatic carbocycles. The molecule has 0 amide bonds. The van der Waals surface area contributed by atoms with Crippen molar-refractivity contribution >= 4 is 0 Å². The van der Waals surface area contributed by atoms with E-state index < -0.39 is 0 Å². The lowest BCUT2D eigenvalue weighted by Gasteiger charge is -2.44. The fourth-order valence-electron chi connectivity index (χ4n) is 4.02. The molecule has 0 bridgehead atoms. The first-order valence-electron chi connectivity index (χ1n) is 8.91. The summed E-state index contributed by atoms with van der Waals surface area (Å²) in [5.41, 5.74) is 0.515. The summed E-state index contributed by atoms with van der Waals surface area (Å²) in [6.07, 6.45) is 4.06. The molecule has 1 aliphatic carbocycles. The lowest BCUT2D eigenvalue weighted by atomic mass is 9.69. The SMILES string of the molecule is CCNC1CCC(C)(C)CC1CN(CC)C(C)CN(C)C. The van der Waals surface area contributed by atoms with Crippen LogP contribution in [0.3, 0.4) is 0 Å². The Labute approximate surface area is 133 Å². The first-order chi connectivity index (χ1) is 9.79. The molecular formula is C18H39N3. The van der Waals surface area contributed by atoms with Crippen molar-refractivity contribution in [2.24, 2.45) is 11.3 Å². The van der Waals surface area contributed by atoms with Crippen LogP contribution in [0.25, 0.3) is 0 Å². The molecule has 1 fully saturated rings. The van der Waals surface area contributed by atoms with Crippen LogP contribution >= 0.6 is 0 Å². The van der Waals surface area contributed by atoms with Gasteiger partial charge in [0.05, 0.1) is 0 Å². The van der Waals surface area contributed by atoms with Gasteiger partial charge in [-0.3, -0.25) is 4.90 Å². The summed E-state index contributed by atoms with van der Waals surface area (Å²) < 4.78 is 0. The maximum absolute atomic E-state index is 3.74. The number of nitrogens with zero attached hydrogens (tertiary/aromatic N) is 2. The van der Waals surface area contributed by atoms with Crippen LogP contribution in [0, 0.1) is 11.3 Å². The van der Waals surface area contributed by atoms with Crippen LogP contribution in [0.4, 0.5) is 0 Å². The van der Waals surface area contributed by atoms with Gasteiger partial charge in [-0.15, -0.1) is 0 Å². The number of rotatable bonds is 8. The fraction of sp³-hybridized carbons (Fsp3) is 1.00. The summed E-state index contributed by atoms with van der Waals surface area (Å²) in [5, 5.41) is 3.74. The van der Waals surface area contributed by atoms with Crippen LogP contribution in [0.2, 0.25) is 0 Å². The van der Waals surface area contributed by atoms with Crippen molar-refractivity contribution in [3.8, 4) is 0 Å². The Morgan fingerprint density at radius 1 is 1.24 bits per heavy atom. The zero-order chi connectivity index (χ0) is 16.0. The summed E-state index contributed by atoms with van der Waals surface area (Å²) in [5.74, 6) is 0.790. The lowest BCUT2D eigenvalue weighted by molar-refractivity contribution is 0.0810. The minimum Gasteiger partial charge on any atom is -0.314 e. The van der Waals surface area contributed by atoms with Gasteiger partial charge in [0, 0.05) is 25.2 Å². The summed E-state index contributed by atoms with van der Waals surface area (Å²) in [4.78, 5) is 4.98. The van der Waals surface area contributed by atoms with Crippen molar-refractivity contribution in [1.29, 1.82) is 0 Å². The summed E-state index contributed by atoms with van der Waals surface area (Å²) in [6.45, 7) is 16.5. The van der Waals surface area contributed by atoms with Crippen LogP contribution in [0.15, 0.2) is 0 Å². The van der Waals surface area contributed by atoms with Crippen molar-refractivity contribution in [3.05, 3.63) is 0 Å². The molecule has 3 heteroatoms. The normalized spacial score (nSPS) is 27.3. The second-order valence-electron chi connectivity index (χ2n) is 8.03. The van der Waals surface area contributed by atoms with Crippen molar-refractivity contribution in [2.45, 2.75) is 66.0 Å². The minimum absolute atomic E-state index is 0.515. The number of hydrogen-bond donors (Lipinski definition) is 1. The largest absolute Gasteiger partial charge is 0.314 e. The van der Waals surface area contributed by atoms with E-state index in [4.69, 9.17) is 0 Å². The average molecular weight is 298 g/mol. The highest BCUT2D eigenvalue weighted by Crippen LogP contribution is 2.39. The van der Waals surface area contributed by atoms with Gasteiger partial charge >= 0.3 is 0 Å². The molecule has 0 aromatic rings. The summed E-state index contributed by atoms with van der Waals surface area (Å²) >= 11 is 0. The van der Waals surface area contributed by atoms with Gasteiger partial charge in [0.25, 0.3) is 0 Å². The van der Waals surface area contributed by atoms with E-state index in [9.17, 15) is 0 Å². The lowest BCUT2D eigenvalue weighted by Crippen LogP contribution is -2.50. The second kappa shape index (κ2) is 8.50. The first kappa shape index (κ1) is 18.9. The predicted molar refractivity (Wildman–Crippen MR) is 93.8 cm³/mol. The molecule has 0 aliphatic heterocycles. The van der Waals surface area contributed by atoms with Gasteiger partial charge in [-0.25, -0.2) is 0 Å². The van der Waals surface area contributed by atoms with Gasteiger partial charge in [-0.05, 0) is 64.7 Å². The van der Waals surface area contributed by atoms with Crippen molar-refractivity contribution < 1.29 is 0 Å². The molecular weight excluding hydrogens is 258 g/mol. The van der Waals surface area contributed by atoms with E-state index >= 15 is 0 Å². The van der Waals surface area contributed by atoms with Crippen LogP contribution in [0.1, 0.15) is 53.9 Å². The Bertz CT molecular complexity index is 288. The van der Waals surface area contributed by atoms with Gasteiger partial charge in [0.1, 0.15) is 0 Å². The van der Waals surface area contributed by atoms with Crippen molar-refractivity contribution in [3.63, 3.8) is 0 Å². The first-order valence-corrected chi connectivity index (χ1v) is 8.91. The van der Waals surface area contributed by atoms with E-state index in [1.807, 2.05) is 0 Å². The highest BCUT2D eigenvalue weighted by atomic mass is 15.2. The fourth-order valence-corrected chi connectivity index (χ4v) is 4.02. The Morgan fingerprint density at radius 3 is 2.43 bits per heavy atom. The molecule has 0 saturated heterocycles. The third kappa shape index (κ3) is 6.25. The summed E-state index contributed by atoms with van der Waals surface area (Å²) in [7, 11) is 4.35. The topological polar surface area (TPSA) is 18.5 Å². The van der Waals surface area contributed by atoms with Gasteiger partial charge in [0.15, 0.2) is 0 Å². The van der Waals surface area contributed by atoms with E-state index in [-0.39, 0.29) is 0 Å². The molecule has 126 valence electrons. The van der Waals surface area contributed by atoms with E-state index in [0.717, 1.165) is 25.6 Å². The van der Waals surface area contributed by atoms with Gasteiger partial charge in [-0.2, -0.15) is 0 Å². The molecule has 0 heterocycles. The van der Waals surface area contributed by atoms with Crippen LogP contribution < -0.4 is 5.32 Å². The molecule has 1 saturated carbocycles. The zero-order valence-electron chi connectivity index (χ0n) is 15.6. The molecule has 3 unspecified atom stereocenters. The van der Waals surface area contributed by atoms with Crippen LogP contribution in [-0.2, 0) is 0 Å². The van der Waals surface area contributed by atoms with E-state index in [2.05, 4.69) is 63.8 Å². The van der Waals surface area contributed by atoms with E-state index in [1.54, 1.807) is 0 Å². The maximum Gasteiger partial charge on any atom is 0.0194 e. The third-order valence-corrected chi connectivity index (χ3v) is 5.11. The zero-order valence-corrected chi connectivity index (χ0v) is 15.6. The Kier molecular flexibility index (Phi) is 7.66. The monoisotopic (exact) mass is 297 g/mol. The van der Waals surface area contributed by atoms with Gasteiger partial charge < -0.3 is 10.2 Å². The molecule has 0 spiro atoms.